The molecule has 4 rings (SSSR count). The van der Waals surface area contributed by atoms with Crippen molar-refractivity contribution >= 4 is 44.7 Å². The highest BCUT2D eigenvalue weighted by Gasteiger charge is 2.41. The van der Waals surface area contributed by atoms with E-state index in [9.17, 15) is 13.2 Å². The number of rotatable bonds is 4. The Morgan fingerprint density at radius 1 is 1.29 bits per heavy atom. The van der Waals surface area contributed by atoms with Crippen molar-refractivity contribution in [3.63, 3.8) is 0 Å². The second kappa shape index (κ2) is 7.84. The zero-order valence-electron chi connectivity index (χ0n) is 16.7. The Bertz CT molecular complexity index is 1150. The predicted molar refractivity (Wildman–Crippen MR) is 116 cm³/mol. The summed E-state index contributed by atoms with van der Waals surface area (Å²) in [5.74, 6) is -0.847. The van der Waals surface area contributed by atoms with E-state index in [4.69, 9.17) is 16.6 Å². The number of nitrogen functional groups attached to an aromatic ring is 1. The highest BCUT2D eigenvalue weighted by molar-refractivity contribution is 7.18. The Morgan fingerprint density at radius 3 is 2.68 bits per heavy atom. The van der Waals surface area contributed by atoms with Crippen LogP contribution in [0.1, 0.15) is 18.2 Å². The van der Waals surface area contributed by atoms with E-state index < -0.39 is 12.0 Å². The van der Waals surface area contributed by atoms with Crippen LogP contribution >= 0.6 is 11.3 Å². The molecule has 0 radical (unpaired) electrons. The monoisotopic (exact) mass is 450 g/mol. The van der Waals surface area contributed by atoms with Crippen LogP contribution in [0.15, 0.2) is 24.5 Å². The topological polar surface area (TPSA) is 111 Å². The van der Waals surface area contributed by atoms with E-state index in [2.05, 4.69) is 16.9 Å². The first-order valence-corrected chi connectivity index (χ1v) is 10.5. The molecule has 1 aliphatic rings. The molecule has 4 N–H and O–H groups in total. The van der Waals surface area contributed by atoms with Gasteiger partial charge >= 0.3 is 6.18 Å². The number of amidine groups is 2. The number of hydrogen-bond acceptors (Lipinski definition) is 7. The van der Waals surface area contributed by atoms with Crippen LogP contribution in [0.25, 0.3) is 16.2 Å². The quantitative estimate of drug-likeness (QED) is 0.415. The second-order valence-corrected chi connectivity index (χ2v) is 8.36. The Hall–Kier alpha value is -3.15. The van der Waals surface area contributed by atoms with Gasteiger partial charge in [-0.2, -0.15) is 18.2 Å². The third kappa shape index (κ3) is 4.07. The van der Waals surface area contributed by atoms with Crippen molar-refractivity contribution in [2.24, 2.45) is 0 Å². The van der Waals surface area contributed by atoms with Crippen LogP contribution in [0, 0.1) is 10.8 Å². The van der Waals surface area contributed by atoms with Gasteiger partial charge in [-0.15, -0.1) is 11.3 Å². The van der Waals surface area contributed by atoms with Gasteiger partial charge in [0.2, 0.25) is 11.8 Å². The molecule has 0 amide bonds. The van der Waals surface area contributed by atoms with Crippen LogP contribution < -0.4 is 10.6 Å². The molecule has 4 heterocycles. The zero-order valence-corrected chi connectivity index (χ0v) is 17.5. The predicted octanol–water partition coefficient (Wildman–Crippen LogP) is 3.66. The molecule has 3 aromatic heterocycles. The normalized spacial score (nSPS) is 15.2. The molecule has 1 aliphatic heterocycles. The number of nitrogens with one attached hydrogen (secondary N) is 2. The first kappa shape index (κ1) is 21.1. The maximum Gasteiger partial charge on any atom is 0.449 e. The van der Waals surface area contributed by atoms with Crippen molar-refractivity contribution < 1.29 is 13.2 Å². The fourth-order valence-corrected chi connectivity index (χ4v) is 4.61. The van der Waals surface area contributed by atoms with Gasteiger partial charge in [0.15, 0.2) is 0 Å². The standard InChI is InChI=1S/C19H21F3N8S/c1-2-3-12-8-13-15(26-18(27-16(13)31-12)29-5-4-11(23)9-29)28-6-7-30(14(24)10-28)17(25)19(20,21)22/h4-5,8-9,24-25H,2-3,6-7,10,23H2,1H3. The highest BCUT2D eigenvalue weighted by atomic mass is 32.1. The summed E-state index contributed by atoms with van der Waals surface area (Å²) in [7, 11) is 0. The second-order valence-electron chi connectivity index (χ2n) is 7.25. The van der Waals surface area contributed by atoms with E-state index in [0.717, 1.165) is 27.9 Å². The number of piperazine rings is 1. The maximum absolute atomic E-state index is 12.9. The molecule has 0 aliphatic carbocycles. The summed E-state index contributed by atoms with van der Waals surface area (Å²) in [5.41, 5.74) is 6.38. The van der Waals surface area contributed by atoms with E-state index in [-0.39, 0.29) is 25.5 Å². The molecule has 31 heavy (non-hydrogen) atoms. The highest BCUT2D eigenvalue weighted by Crippen LogP contribution is 2.33. The van der Waals surface area contributed by atoms with Crippen molar-refractivity contribution in [1.29, 1.82) is 10.8 Å². The van der Waals surface area contributed by atoms with Crippen molar-refractivity contribution in [2.75, 3.05) is 30.3 Å². The number of hydrogen-bond donors (Lipinski definition) is 3. The average Bonchev–Trinajstić information content (AvgIpc) is 3.31. The fourth-order valence-electron chi connectivity index (χ4n) is 3.49. The number of halogens is 3. The van der Waals surface area contributed by atoms with Gasteiger partial charge in [-0.25, -0.2) is 4.98 Å². The van der Waals surface area contributed by atoms with Gasteiger partial charge in [0.05, 0.1) is 11.9 Å². The van der Waals surface area contributed by atoms with Crippen molar-refractivity contribution in [3.05, 3.63) is 29.4 Å². The molecule has 12 heteroatoms. The van der Waals surface area contributed by atoms with Crippen molar-refractivity contribution in [3.8, 4) is 5.95 Å². The average molecular weight is 450 g/mol. The summed E-state index contributed by atoms with van der Waals surface area (Å²) in [6, 6.07) is 3.74. The zero-order chi connectivity index (χ0) is 22.3. The summed E-state index contributed by atoms with van der Waals surface area (Å²) < 4.78 is 40.5. The Morgan fingerprint density at radius 2 is 2.06 bits per heavy atom. The first-order chi connectivity index (χ1) is 14.7. The molecule has 3 aromatic rings. The van der Waals surface area contributed by atoms with Gasteiger partial charge in [-0.05, 0) is 18.6 Å². The minimum atomic E-state index is -4.79. The summed E-state index contributed by atoms with van der Waals surface area (Å²) >= 11 is 1.56. The third-order valence-electron chi connectivity index (χ3n) is 4.95. The first-order valence-electron chi connectivity index (χ1n) is 9.67. The lowest BCUT2D eigenvalue weighted by Crippen LogP contribution is -2.55. The van der Waals surface area contributed by atoms with Crippen LogP contribution in [-0.4, -0.2) is 56.9 Å². The Labute approximate surface area is 180 Å². The van der Waals surface area contributed by atoms with Crippen LogP contribution in [0.5, 0.6) is 0 Å². The van der Waals surface area contributed by atoms with Gasteiger partial charge in [0.1, 0.15) is 16.5 Å². The number of nitrogens with two attached hydrogens (primary N) is 1. The molecular weight excluding hydrogens is 429 g/mol. The lowest BCUT2D eigenvalue weighted by molar-refractivity contribution is -0.0671. The van der Waals surface area contributed by atoms with E-state index in [1.165, 1.54) is 0 Å². The number of fused-ring (bicyclic) bond motifs is 1. The Kier molecular flexibility index (Phi) is 5.33. The largest absolute Gasteiger partial charge is 0.449 e. The summed E-state index contributed by atoms with van der Waals surface area (Å²) in [4.78, 5) is 13.7. The van der Waals surface area contributed by atoms with Crippen LogP contribution in [0.3, 0.4) is 0 Å². The molecule has 0 spiro atoms. The lowest BCUT2D eigenvalue weighted by Gasteiger charge is -2.37. The number of alkyl halides is 3. The molecule has 0 saturated carbocycles. The van der Waals surface area contributed by atoms with Crippen molar-refractivity contribution in [2.45, 2.75) is 25.9 Å². The van der Waals surface area contributed by atoms with Gasteiger partial charge in [0.25, 0.3) is 0 Å². The molecule has 0 atom stereocenters. The molecule has 1 saturated heterocycles. The molecule has 0 aromatic carbocycles. The number of anilines is 2. The van der Waals surface area contributed by atoms with Gasteiger partial charge in [0, 0.05) is 36.0 Å². The summed E-state index contributed by atoms with van der Waals surface area (Å²) in [5, 5.41) is 16.3. The summed E-state index contributed by atoms with van der Waals surface area (Å²) in [6.07, 6.45) is 0.500. The molecule has 1 fully saturated rings. The molecule has 8 nitrogen and oxygen atoms in total. The maximum atomic E-state index is 12.9. The van der Waals surface area contributed by atoms with E-state index in [1.54, 1.807) is 39.3 Å². The fraction of sp³-hybridized carbons (Fsp3) is 0.368. The minimum absolute atomic E-state index is 0.0865. The number of nitrogens with zero attached hydrogens (tertiary/aromatic N) is 5. The Balaban J connectivity index is 1.72. The van der Waals surface area contributed by atoms with Crippen LogP contribution in [0.4, 0.5) is 24.7 Å². The third-order valence-corrected chi connectivity index (χ3v) is 6.04. The van der Waals surface area contributed by atoms with E-state index >= 15 is 0 Å². The lowest BCUT2D eigenvalue weighted by atomic mass is 10.2. The molecule has 0 bridgehead atoms. The van der Waals surface area contributed by atoms with E-state index in [1.807, 2.05) is 6.07 Å². The van der Waals surface area contributed by atoms with Crippen molar-refractivity contribution in [1.82, 2.24) is 19.4 Å². The number of aromatic nitrogens is 3. The smallest absolute Gasteiger partial charge is 0.397 e. The minimum Gasteiger partial charge on any atom is -0.397 e. The molecular formula is C19H21F3N8S. The number of thiophene rings is 1. The number of aryl methyl sites for hydroxylation is 1. The summed E-state index contributed by atoms with van der Waals surface area (Å²) in [6.45, 7) is 2.07. The van der Waals surface area contributed by atoms with Gasteiger partial charge in [-0.3, -0.25) is 15.4 Å². The molecule has 0 unspecified atom stereocenters. The SMILES string of the molecule is CCCc1cc2c(N3CCN(C(=N)C(F)(F)F)C(=N)C3)nc(-n3ccc(N)c3)nc2s1. The van der Waals surface area contributed by atoms with Gasteiger partial charge in [-0.1, -0.05) is 13.3 Å². The van der Waals surface area contributed by atoms with Crippen LogP contribution in [0.2, 0.25) is 0 Å². The van der Waals surface area contributed by atoms with Crippen LogP contribution in [-0.2, 0) is 6.42 Å². The van der Waals surface area contributed by atoms with E-state index in [0.29, 0.717) is 22.4 Å². The molecule has 164 valence electrons. The van der Waals surface area contributed by atoms with Gasteiger partial charge < -0.3 is 15.5 Å².